The summed E-state index contributed by atoms with van der Waals surface area (Å²) in [5, 5.41) is 5.24. The van der Waals surface area contributed by atoms with Crippen molar-refractivity contribution in [3.63, 3.8) is 0 Å². The van der Waals surface area contributed by atoms with E-state index in [0.29, 0.717) is 18.2 Å². The van der Waals surface area contributed by atoms with E-state index in [9.17, 15) is 22.8 Å². The monoisotopic (exact) mass is 409 g/mol. The largest absolute Gasteiger partial charge is 0.430 e. The number of anilines is 1. The lowest BCUT2D eigenvalue weighted by molar-refractivity contribution is -0.160. The SMILES string of the molecule is Cc1cc(C(=O)NCc2ccc(F)c(OC(C)(F)F)c2)cc(NC(=O)C(C)C)n1. The molecule has 156 valence electrons. The Bertz CT molecular complexity index is 912. The van der Waals surface area contributed by atoms with E-state index in [4.69, 9.17) is 0 Å². The van der Waals surface area contributed by atoms with Crippen LogP contribution in [0, 0.1) is 18.7 Å². The molecule has 1 aromatic heterocycles. The highest BCUT2D eigenvalue weighted by atomic mass is 19.3. The summed E-state index contributed by atoms with van der Waals surface area (Å²) in [6, 6.07) is 6.40. The second-order valence-electron chi connectivity index (χ2n) is 6.88. The maximum Gasteiger partial charge on any atom is 0.395 e. The van der Waals surface area contributed by atoms with Gasteiger partial charge in [-0.15, -0.1) is 0 Å². The zero-order chi connectivity index (χ0) is 21.8. The topological polar surface area (TPSA) is 80.3 Å². The van der Waals surface area contributed by atoms with Crippen molar-refractivity contribution in [3.8, 4) is 5.75 Å². The Labute approximate surface area is 166 Å². The lowest BCUT2D eigenvalue weighted by Crippen LogP contribution is -2.24. The second-order valence-corrected chi connectivity index (χ2v) is 6.88. The van der Waals surface area contributed by atoms with Crippen molar-refractivity contribution >= 4 is 17.6 Å². The van der Waals surface area contributed by atoms with Crippen LogP contribution < -0.4 is 15.4 Å². The Morgan fingerprint density at radius 2 is 1.90 bits per heavy atom. The van der Waals surface area contributed by atoms with Gasteiger partial charge in [0.1, 0.15) is 5.82 Å². The van der Waals surface area contributed by atoms with E-state index < -0.39 is 23.6 Å². The maximum atomic E-state index is 13.6. The zero-order valence-electron chi connectivity index (χ0n) is 16.5. The quantitative estimate of drug-likeness (QED) is 0.723. The van der Waals surface area contributed by atoms with Gasteiger partial charge in [-0.05, 0) is 36.8 Å². The Morgan fingerprint density at radius 3 is 2.52 bits per heavy atom. The molecule has 0 aliphatic heterocycles. The molecular formula is C20H22F3N3O3. The number of amides is 2. The van der Waals surface area contributed by atoms with Crippen molar-refractivity contribution in [2.24, 2.45) is 5.92 Å². The van der Waals surface area contributed by atoms with Gasteiger partial charge in [-0.2, -0.15) is 8.78 Å². The van der Waals surface area contributed by atoms with Crippen LogP contribution in [0.15, 0.2) is 30.3 Å². The standard InChI is InChI=1S/C20H22F3N3O3/c1-11(2)18(27)26-17-9-14(7-12(3)25-17)19(28)24-10-13-5-6-15(21)16(8-13)29-20(4,22)23/h5-9,11H,10H2,1-4H3,(H,24,28)(H,25,26,27). The smallest absolute Gasteiger partial charge is 0.395 e. The molecule has 0 aliphatic rings. The number of aromatic nitrogens is 1. The van der Waals surface area contributed by atoms with Gasteiger partial charge in [-0.1, -0.05) is 19.9 Å². The van der Waals surface area contributed by atoms with Crippen LogP contribution in [0.4, 0.5) is 19.0 Å². The number of ether oxygens (including phenoxy) is 1. The summed E-state index contributed by atoms with van der Waals surface area (Å²) in [5.74, 6) is -2.25. The fourth-order valence-electron chi connectivity index (χ4n) is 2.35. The zero-order valence-corrected chi connectivity index (χ0v) is 16.5. The van der Waals surface area contributed by atoms with Crippen LogP contribution in [-0.2, 0) is 11.3 Å². The molecule has 0 aliphatic carbocycles. The number of hydrogen-bond donors (Lipinski definition) is 2. The molecule has 6 nitrogen and oxygen atoms in total. The summed E-state index contributed by atoms with van der Waals surface area (Å²) in [4.78, 5) is 28.4. The molecule has 0 bridgehead atoms. The molecule has 0 unspecified atom stereocenters. The molecule has 9 heteroatoms. The van der Waals surface area contributed by atoms with Crippen molar-refractivity contribution in [1.82, 2.24) is 10.3 Å². The van der Waals surface area contributed by atoms with Crippen molar-refractivity contribution in [2.75, 3.05) is 5.32 Å². The molecule has 0 radical (unpaired) electrons. The third kappa shape index (κ3) is 6.78. The molecule has 2 amide bonds. The van der Waals surface area contributed by atoms with Gasteiger partial charge in [0, 0.05) is 30.6 Å². The number of halogens is 3. The van der Waals surface area contributed by atoms with Gasteiger partial charge >= 0.3 is 6.11 Å². The fourth-order valence-corrected chi connectivity index (χ4v) is 2.35. The number of aryl methyl sites for hydroxylation is 1. The number of carbonyl (C=O) groups excluding carboxylic acids is 2. The third-order valence-corrected chi connectivity index (χ3v) is 3.73. The highest BCUT2D eigenvalue weighted by Gasteiger charge is 2.25. The first kappa shape index (κ1) is 22.2. The molecule has 0 spiro atoms. The number of alkyl halides is 2. The van der Waals surface area contributed by atoms with Crippen molar-refractivity contribution in [1.29, 1.82) is 0 Å². The Balaban J connectivity index is 2.10. The average molecular weight is 409 g/mol. The van der Waals surface area contributed by atoms with Crippen LogP contribution in [-0.4, -0.2) is 22.9 Å². The number of nitrogens with one attached hydrogen (secondary N) is 2. The molecular weight excluding hydrogens is 387 g/mol. The maximum absolute atomic E-state index is 13.6. The predicted molar refractivity (Wildman–Crippen MR) is 101 cm³/mol. The first-order chi connectivity index (χ1) is 13.4. The minimum atomic E-state index is -3.53. The summed E-state index contributed by atoms with van der Waals surface area (Å²) in [7, 11) is 0. The van der Waals surface area contributed by atoms with Crippen molar-refractivity contribution in [3.05, 3.63) is 53.0 Å². The van der Waals surface area contributed by atoms with Gasteiger partial charge in [-0.25, -0.2) is 9.37 Å². The number of carbonyl (C=O) groups is 2. The number of hydrogen-bond acceptors (Lipinski definition) is 4. The number of nitrogens with zero attached hydrogens (tertiary/aromatic N) is 1. The fraction of sp³-hybridized carbons (Fsp3) is 0.350. The lowest BCUT2D eigenvalue weighted by Gasteiger charge is -2.15. The van der Waals surface area contributed by atoms with Crippen LogP contribution in [0.3, 0.4) is 0 Å². The molecule has 0 saturated heterocycles. The summed E-state index contributed by atoms with van der Waals surface area (Å²) < 4.78 is 43.9. The lowest BCUT2D eigenvalue weighted by atomic mass is 10.1. The van der Waals surface area contributed by atoms with Crippen LogP contribution in [0.25, 0.3) is 0 Å². The molecule has 2 rings (SSSR count). The van der Waals surface area contributed by atoms with E-state index in [-0.39, 0.29) is 29.8 Å². The molecule has 1 aromatic carbocycles. The van der Waals surface area contributed by atoms with Crippen LogP contribution in [0.5, 0.6) is 5.75 Å². The Morgan fingerprint density at radius 1 is 1.21 bits per heavy atom. The second kappa shape index (κ2) is 8.93. The van der Waals surface area contributed by atoms with E-state index in [1.165, 1.54) is 18.2 Å². The van der Waals surface area contributed by atoms with Gasteiger partial charge in [0.05, 0.1) is 0 Å². The minimum absolute atomic E-state index is 0.0418. The first-order valence-corrected chi connectivity index (χ1v) is 8.87. The van der Waals surface area contributed by atoms with Gasteiger partial charge in [0.25, 0.3) is 5.91 Å². The number of rotatable bonds is 7. The minimum Gasteiger partial charge on any atom is -0.430 e. The van der Waals surface area contributed by atoms with Crippen molar-refractivity contribution in [2.45, 2.75) is 40.3 Å². The van der Waals surface area contributed by atoms with E-state index >= 15 is 0 Å². The number of benzene rings is 1. The van der Waals surface area contributed by atoms with Crippen molar-refractivity contribution < 1.29 is 27.5 Å². The Kier molecular flexibility index (Phi) is 6.84. The summed E-state index contributed by atoms with van der Waals surface area (Å²) >= 11 is 0. The van der Waals surface area contributed by atoms with E-state index in [1.807, 2.05) is 0 Å². The van der Waals surface area contributed by atoms with E-state index in [2.05, 4.69) is 20.4 Å². The first-order valence-electron chi connectivity index (χ1n) is 8.87. The normalized spacial score (nSPS) is 11.3. The van der Waals surface area contributed by atoms with Crippen LogP contribution >= 0.6 is 0 Å². The van der Waals surface area contributed by atoms with Gasteiger partial charge in [-0.3, -0.25) is 9.59 Å². The Hall–Kier alpha value is -3.10. The highest BCUT2D eigenvalue weighted by molar-refractivity contribution is 5.97. The highest BCUT2D eigenvalue weighted by Crippen LogP contribution is 2.25. The average Bonchev–Trinajstić information content (AvgIpc) is 2.60. The van der Waals surface area contributed by atoms with E-state index in [0.717, 1.165) is 12.1 Å². The molecule has 0 fully saturated rings. The van der Waals surface area contributed by atoms with Crippen LogP contribution in [0.2, 0.25) is 0 Å². The summed E-state index contributed by atoms with van der Waals surface area (Å²) in [6.45, 7) is 5.60. The molecule has 2 N–H and O–H groups in total. The predicted octanol–water partition coefficient (Wildman–Crippen LogP) is 4.05. The van der Waals surface area contributed by atoms with E-state index in [1.54, 1.807) is 20.8 Å². The van der Waals surface area contributed by atoms with Gasteiger partial charge in [0.15, 0.2) is 11.6 Å². The molecule has 0 saturated carbocycles. The van der Waals surface area contributed by atoms with Gasteiger partial charge in [0.2, 0.25) is 5.91 Å². The molecule has 1 heterocycles. The molecule has 0 atom stereocenters. The van der Waals surface area contributed by atoms with Gasteiger partial charge < -0.3 is 15.4 Å². The molecule has 2 aromatic rings. The third-order valence-electron chi connectivity index (χ3n) is 3.73. The van der Waals surface area contributed by atoms with Crippen LogP contribution in [0.1, 0.15) is 42.4 Å². The summed E-state index contributed by atoms with van der Waals surface area (Å²) in [6.07, 6.45) is -3.53. The number of pyridine rings is 1. The molecule has 29 heavy (non-hydrogen) atoms. The summed E-state index contributed by atoms with van der Waals surface area (Å²) in [5.41, 5.74) is 1.16.